The number of fused-ring (bicyclic) bond motifs is 1. The van der Waals surface area contributed by atoms with Crippen molar-refractivity contribution in [2.24, 2.45) is 11.8 Å². The molecule has 3 aromatic rings. The highest BCUT2D eigenvalue weighted by Gasteiger charge is 2.46. The summed E-state index contributed by atoms with van der Waals surface area (Å²) in [5.74, 6) is 0.484. The van der Waals surface area contributed by atoms with Crippen LogP contribution in [-0.4, -0.2) is 48.2 Å². The van der Waals surface area contributed by atoms with Gasteiger partial charge in [0, 0.05) is 24.6 Å². The highest BCUT2D eigenvalue weighted by molar-refractivity contribution is 6.06. The summed E-state index contributed by atoms with van der Waals surface area (Å²) in [5, 5.41) is 12.5. The normalized spacial score (nSPS) is 16.1. The zero-order chi connectivity index (χ0) is 35.1. The van der Waals surface area contributed by atoms with Gasteiger partial charge >= 0.3 is 0 Å². The Morgan fingerprint density at radius 3 is 2.09 bits per heavy atom. The van der Waals surface area contributed by atoms with Gasteiger partial charge in [-0.05, 0) is 77.6 Å². The lowest BCUT2D eigenvalue weighted by Crippen LogP contribution is -2.44. The molecule has 3 N–H and O–H groups in total. The molecule has 2 heterocycles. The van der Waals surface area contributed by atoms with Gasteiger partial charge in [-0.1, -0.05) is 92.9 Å². The molecule has 1 aliphatic rings. The van der Waals surface area contributed by atoms with Gasteiger partial charge in [-0.15, -0.1) is 0 Å². The van der Waals surface area contributed by atoms with Crippen molar-refractivity contribution in [1.82, 2.24) is 15.8 Å². The number of nitrogens with zero attached hydrogens (tertiary/aromatic N) is 1. The molecular weight excluding hydrogens is 592 g/mol. The standard InChI is InChI=1S/C16H24N2O.C14H20N2O4.C8H10/c1-4-9-16(10-12(2)11-17-3)13-7-5-6-8-14(13)18-15(16)19;1-8(2)13(12(18)6-5-9(3)17)15-14(19)11-7-10(4)20-16-11;1-7-3-5-8(2)6-4-7/h5-8,12,17H,4,9-11H2,1-3H3,(H,18,19);7-8,13H,5-6H2,1-4H3,(H,15,19);3-6H,1-2H3/t12?,16-;;/m1../s1. The average Bonchev–Trinajstić information content (AvgIpc) is 3.57. The minimum Gasteiger partial charge on any atom is -0.361 e. The van der Waals surface area contributed by atoms with Crippen LogP contribution in [-0.2, 0) is 19.8 Å². The Morgan fingerprint density at radius 2 is 1.57 bits per heavy atom. The minimum absolute atomic E-state index is 0.0423. The van der Waals surface area contributed by atoms with Crippen LogP contribution in [0.15, 0.2) is 59.1 Å². The van der Waals surface area contributed by atoms with E-state index in [2.05, 4.69) is 79.1 Å². The van der Waals surface area contributed by atoms with Gasteiger partial charge in [0.1, 0.15) is 11.5 Å². The van der Waals surface area contributed by atoms with Gasteiger partial charge in [-0.25, -0.2) is 0 Å². The summed E-state index contributed by atoms with van der Waals surface area (Å²) in [4.78, 5) is 47.5. The van der Waals surface area contributed by atoms with Crippen molar-refractivity contribution in [3.63, 3.8) is 0 Å². The monoisotopic (exact) mass is 646 g/mol. The van der Waals surface area contributed by atoms with Gasteiger partial charge in [0.25, 0.3) is 5.91 Å². The summed E-state index contributed by atoms with van der Waals surface area (Å²) in [6.07, 6.45) is 3.18. The number of para-hydroxylation sites is 1. The molecule has 47 heavy (non-hydrogen) atoms. The Labute approximate surface area is 280 Å². The molecule has 3 atom stereocenters. The average molecular weight is 647 g/mol. The second kappa shape index (κ2) is 18.9. The molecule has 2 amide bonds. The van der Waals surface area contributed by atoms with Gasteiger partial charge in [0.05, 0.1) is 11.5 Å². The number of benzene rings is 2. The summed E-state index contributed by atoms with van der Waals surface area (Å²) < 4.78 is 4.83. The number of ketones is 2. The highest BCUT2D eigenvalue weighted by atomic mass is 16.5. The number of anilines is 1. The van der Waals surface area contributed by atoms with E-state index in [0.29, 0.717) is 11.7 Å². The second-order valence-electron chi connectivity index (χ2n) is 13.0. The fourth-order valence-corrected chi connectivity index (χ4v) is 5.77. The number of carbonyl (C=O) groups excluding carboxylic acids is 4. The van der Waals surface area contributed by atoms with E-state index in [9.17, 15) is 19.2 Å². The molecule has 0 radical (unpaired) electrons. The zero-order valence-corrected chi connectivity index (χ0v) is 29.7. The minimum atomic E-state index is -0.626. The lowest BCUT2D eigenvalue weighted by atomic mass is 9.72. The summed E-state index contributed by atoms with van der Waals surface area (Å²) >= 11 is 0. The number of Topliss-reactive ketones (excluding diaryl/α,β-unsaturated/α-hetero) is 2. The number of amides is 2. The summed E-state index contributed by atoms with van der Waals surface area (Å²) in [6.45, 7) is 16.3. The molecule has 0 saturated heterocycles. The van der Waals surface area contributed by atoms with E-state index >= 15 is 0 Å². The molecular formula is C38H54N4O5. The lowest BCUT2D eigenvalue weighted by molar-refractivity contribution is -0.125. The molecule has 256 valence electrons. The summed E-state index contributed by atoms with van der Waals surface area (Å²) in [7, 11) is 1.96. The fourth-order valence-electron chi connectivity index (χ4n) is 5.77. The van der Waals surface area contributed by atoms with Crippen molar-refractivity contribution in [3.05, 3.63) is 82.7 Å². The van der Waals surface area contributed by atoms with Gasteiger partial charge in [-0.3, -0.25) is 14.4 Å². The number of hydrogen-bond acceptors (Lipinski definition) is 7. The Bertz CT molecular complexity index is 1440. The SMILES string of the molecule is CC(=O)CCC(=O)C(NC(=O)c1cc(C)on1)C(C)C.CCC[C@]1(CC(C)CNC)C(=O)Nc2ccccc21.Cc1ccc(C)cc1. The first-order valence-electron chi connectivity index (χ1n) is 16.6. The third-order valence-electron chi connectivity index (χ3n) is 8.15. The third-order valence-corrected chi connectivity index (χ3v) is 8.15. The molecule has 9 heteroatoms. The second-order valence-corrected chi connectivity index (χ2v) is 13.0. The van der Waals surface area contributed by atoms with E-state index in [-0.39, 0.29) is 47.3 Å². The van der Waals surface area contributed by atoms with Crippen molar-refractivity contribution >= 4 is 29.1 Å². The molecule has 0 bridgehead atoms. The third kappa shape index (κ3) is 11.9. The van der Waals surface area contributed by atoms with Crippen LogP contribution in [0.1, 0.15) is 99.7 Å². The number of hydrogen-bond donors (Lipinski definition) is 3. The number of nitrogens with one attached hydrogen (secondary N) is 3. The van der Waals surface area contributed by atoms with E-state index in [1.54, 1.807) is 6.92 Å². The van der Waals surface area contributed by atoms with Crippen LogP contribution in [0.2, 0.25) is 0 Å². The van der Waals surface area contributed by atoms with Gasteiger partial charge in [0.15, 0.2) is 11.5 Å². The predicted octanol–water partition coefficient (Wildman–Crippen LogP) is 6.90. The van der Waals surface area contributed by atoms with Gasteiger partial charge in [-0.2, -0.15) is 0 Å². The largest absolute Gasteiger partial charge is 0.361 e. The van der Waals surface area contributed by atoms with Crippen molar-refractivity contribution in [2.75, 3.05) is 18.9 Å². The van der Waals surface area contributed by atoms with E-state index in [0.717, 1.165) is 31.5 Å². The van der Waals surface area contributed by atoms with E-state index in [1.807, 2.05) is 39.1 Å². The Morgan fingerprint density at radius 1 is 0.957 bits per heavy atom. The zero-order valence-electron chi connectivity index (χ0n) is 29.7. The summed E-state index contributed by atoms with van der Waals surface area (Å²) in [5.41, 5.74) is 4.66. The number of aryl methyl sites for hydroxylation is 3. The fraction of sp³-hybridized carbons (Fsp3) is 0.500. The molecule has 9 nitrogen and oxygen atoms in total. The molecule has 2 aromatic carbocycles. The van der Waals surface area contributed by atoms with Crippen LogP contribution in [0.3, 0.4) is 0 Å². The van der Waals surface area contributed by atoms with Crippen molar-refractivity contribution in [1.29, 1.82) is 0 Å². The van der Waals surface area contributed by atoms with Crippen LogP contribution >= 0.6 is 0 Å². The van der Waals surface area contributed by atoms with Crippen molar-refractivity contribution < 1.29 is 23.7 Å². The molecule has 1 aromatic heterocycles. The summed E-state index contributed by atoms with van der Waals surface area (Å²) in [6, 6.07) is 17.5. The predicted molar refractivity (Wildman–Crippen MR) is 188 cm³/mol. The van der Waals surface area contributed by atoms with E-state index in [1.165, 1.54) is 29.7 Å². The molecule has 0 saturated carbocycles. The first-order chi connectivity index (χ1) is 22.2. The molecule has 2 unspecified atom stereocenters. The maximum absolute atomic E-state index is 12.6. The van der Waals surface area contributed by atoms with Gasteiger partial charge < -0.3 is 25.3 Å². The number of aromatic nitrogens is 1. The maximum atomic E-state index is 12.6. The van der Waals surface area contributed by atoms with Crippen LogP contribution in [0.25, 0.3) is 0 Å². The Hall–Kier alpha value is -4.11. The Balaban J connectivity index is 0.000000266. The molecule has 0 spiro atoms. The first kappa shape index (κ1) is 39.1. The molecule has 0 fully saturated rings. The number of rotatable bonds is 13. The molecule has 1 aliphatic heterocycles. The van der Waals surface area contributed by atoms with Gasteiger partial charge in [0.2, 0.25) is 5.91 Å². The van der Waals surface area contributed by atoms with Crippen LogP contribution in [0.4, 0.5) is 5.69 Å². The first-order valence-corrected chi connectivity index (χ1v) is 16.6. The van der Waals surface area contributed by atoms with Crippen molar-refractivity contribution in [2.45, 2.75) is 99.0 Å². The molecule has 0 aliphatic carbocycles. The lowest BCUT2D eigenvalue weighted by Gasteiger charge is -2.30. The van der Waals surface area contributed by atoms with E-state index < -0.39 is 11.9 Å². The van der Waals surface area contributed by atoms with Crippen LogP contribution in [0, 0.1) is 32.6 Å². The van der Waals surface area contributed by atoms with Crippen molar-refractivity contribution in [3.8, 4) is 0 Å². The van der Waals surface area contributed by atoms with Crippen LogP contribution in [0.5, 0.6) is 0 Å². The quantitative estimate of drug-likeness (QED) is 0.184. The highest BCUT2D eigenvalue weighted by Crippen LogP contribution is 2.45. The number of carbonyl (C=O) groups is 4. The van der Waals surface area contributed by atoms with Crippen LogP contribution < -0.4 is 16.0 Å². The molecule has 4 rings (SSSR count). The smallest absolute Gasteiger partial charge is 0.274 e. The topological polar surface area (TPSA) is 130 Å². The Kier molecular flexibility index (Phi) is 15.7. The van der Waals surface area contributed by atoms with E-state index in [4.69, 9.17) is 4.52 Å². The maximum Gasteiger partial charge on any atom is 0.274 e.